The molecule has 2 bridgehead atoms. The molecule has 0 heteroatoms. The summed E-state index contributed by atoms with van der Waals surface area (Å²) < 4.78 is 0. The molecule has 0 saturated heterocycles. The van der Waals surface area contributed by atoms with Crippen molar-refractivity contribution in [2.45, 2.75) is 64.2 Å². The third-order valence-electron chi connectivity index (χ3n) is 6.78. The van der Waals surface area contributed by atoms with Crippen molar-refractivity contribution in [2.24, 2.45) is 35.5 Å². The van der Waals surface area contributed by atoms with Crippen molar-refractivity contribution in [3.8, 4) is 0 Å². The van der Waals surface area contributed by atoms with Crippen LogP contribution in [0.1, 0.15) is 64.2 Å². The summed E-state index contributed by atoms with van der Waals surface area (Å²) in [5, 5.41) is 0. The molecule has 90 valence electrons. The number of fused-ring (bicyclic) bond motifs is 1. The van der Waals surface area contributed by atoms with E-state index in [0.717, 1.165) is 0 Å². The standard InChI is InChI=1S/C16H26/c1-2-6-12-11(5-1)15-9-10-16(12)14-8-4-3-7-13(14)15/h11-16H,1-10H2. The molecular formula is C16H26. The predicted octanol–water partition coefficient (Wildman–Crippen LogP) is 4.64. The average molecular weight is 218 g/mol. The Balaban J connectivity index is 1.66. The van der Waals surface area contributed by atoms with Crippen molar-refractivity contribution < 1.29 is 0 Å². The van der Waals surface area contributed by atoms with Gasteiger partial charge in [-0.3, -0.25) is 0 Å². The summed E-state index contributed by atoms with van der Waals surface area (Å²) in [4.78, 5) is 0. The lowest BCUT2D eigenvalue weighted by atomic mass is 9.45. The number of hydrogen-bond donors (Lipinski definition) is 0. The largest absolute Gasteiger partial charge is 0.0530 e. The first-order chi connectivity index (χ1) is 7.95. The third-order valence-corrected chi connectivity index (χ3v) is 6.78. The average Bonchev–Trinajstić information content (AvgIpc) is 2.40. The molecule has 0 aromatic carbocycles. The van der Waals surface area contributed by atoms with Gasteiger partial charge in [-0.2, -0.15) is 0 Å². The molecule has 5 aliphatic rings. The van der Waals surface area contributed by atoms with Gasteiger partial charge in [-0.05, 0) is 74.0 Å². The van der Waals surface area contributed by atoms with Gasteiger partial charge in [0.25, 0.3) is 0 Å². The van der Waals surface area contributed by atoms with Crippen LogP contribution in [0.2, 0.25) is 0 Å². The van der Waals surface area contributed by atoms with E-state index in [4.69, 9.17) is 0 Å². The summed E-state index contributed by atoms with van der Waals surface area (Å²) in [7, 11) is 0. The van der Waals surface area contributed by atoms with Crippen molar-refractivity contribution in [1.29, 1.82) is 0 Å². The molecule has 0 heterocycles. The van der Waals surface area contributed by atoms with Gasteiger partial charge in [-0.15, -0.1) is 0 Å². The Morgan fingerprint density at radius 1 is 0.312 bits per heavy atom. The molecule has 16 heavy (non-hydrogen) atoms. The lowest BCUT2D eigenvalue weighted by molar-refractivity contribution is -0.108. The highest BCUT2D eigenvalue weighted by Crippen LogP contribution is 2.62. The molecule has 5 rings (SSSR count). The second kappa shape index (κ2) is 3.75. The summed E-state index contributed by atoms with van der Waals surface area (Å²) in [5.41, 5.74) is 0. The van der Waals surface area contributed by atoms with Crippen LogP contribution in [0, 0.1) is 35.5 Å². The van der Waals surface area contributed by atoms with Crippen LogP contribution in [-0.4, -0.2) is 0 Å². The Morgan fingerprint density at radius 3 is 0.875 bits per heavy atom. The highest BCUT2D eigenvalue weighted by atomic mass is 14.6. The monoisotopic (exact) mass is 218 g/mol. The van der Waals surface area contributed by atoms with Crippen molar-refractivity contribution in [3.63, 3.8) is 0 Å². The van der Waals surface area contributed by atoms with Crippen molar-refractivity contribution in [1.82, 2.24) is 0 Å². The lowest BCUT2D eigenvalue weighted by Crippen LogP contribution is -2.52. The normalized spacial score (nSPS) is 55.5. The first-order valence-electron chi connectivity index (χ1n) is 7.95. The van der Waals surface area contributed by atoms with Gasteiger partial charge in [0, 0.05) is 0 Å². The zero-order chi connectivity index (χ0) is 10.5. The van der Waals surface area contributed by atoms with Gasteiger partial charge < -0.3 is 0 Å². The molecule has 0 nitrogen and oxygen atoms in total. The molecule has 5 fully saturated rings. The zero-order valence-electron chi connectivity index (χ0n) is 10.5. The van der Waals surface area contributed by atoms with Crippen molar-refractivity contribution >= 4 is 0 Å². The van der Waals surface area contributed by atoms with E-state index >= 15 is 0 Å². The quantitative estimate of drug-likeness (QED) is 0.555. The van der Waals surface area contributed by atoms with E-state index in [9.17, 15) is 0 Å². The molecule has 0 aromatic heterocycles. The molecule has 4 atom stereocenters. The van der Waals surface area contributed by atoms with Gasteiger partial charge in [-0.25, -0.2) is 0 Å². The zero-order valence-corrected chi connectivity index (χ0v) is 10.5. The molecule has 5 aliphatic carbocycles. The third kappa shape index (κ3) is 1.28. The van der Waals surface area contributed by atoms with Crippen LogP contribution in [0.3, 0.4) is 0 Å². The maximum Gasteiger partial charge on any atom is -0.0352 e. The molecule has 0 aromatic rings. The molecule has 0 N–H and O–H groups in total. The first-order valence-corrected chi connectivity index (χ1v) is 7.95. The highest BCUT2D eigenvalue weighted by Gasteiger charge is 2.53. The fourth-order valence-electron chi connectivity index (χ4n) is 6.38. The maximum atomic E-state index is 1.62. The number of hydrogen-bond acceptors (Lipinski definition) is 0. The SMILES string of the molecule is C1CCC2C(C1)C1CCC2C2CCCCC21. The van der Waals surface area contributed by atoms with Gasteiger partial charge in [0.05, 0.1) is 0 Å². The van der Waals surface area contributed by atoms with Gasteiger partial charge in [0.15, 0.2) is 0 Å². The molecule has 0 radical (unpaired) electrons. The summed E-state index contributed by atoms with van der Waals surface area (Å²) in [6.07, 6.45) is 15.9. The minimum Gasteiger partial charge on any atom is -0.0530 e. The van der Waals surface area contributed by atoms with E-state index in [2.05, 4.69) is 0 Å². The minimum atomic E-state index is 1.18. The van der Waals surface area contributed by atoms with E-state index < -0.39 is 0 Å². The van der Waals surface area contributed by atoms with E-state index in [-0.39, 0.29) is 0 Å². The molecule has 5 saturated carbocycles. The Morgan fingerprint density at radius 2 is 0.562 bits per heavy atom. The van der Waals surface area contributed by atoms with E-state index in [1.54, 1.807) is 64.2 Å². The topological polar surface area (TPSA) is 0 Å². The van der Waals surface area contributed by atoms with Crippen LogP contribution < -0.4 is 0 Å². The van der Waals surface area contributed by atoms with Crippen LogP contribution in [0.15, 0.2) is 0 Å². The Labute approximate surface area is 100 Å². The fourth-order valence-corrected chi connectivity index (χ4v) is 6.38. The second-order valence-corrected chi connectivity index (χ2v) is 7.13. The summed E-state index contributed by atoms with van der Waals surface area (Å²) in [6, 6.07) is 0. The van der Waals surface area contributed by atoms with E-state index in [1.807, 2.05) is 0 Å². The van der Waals surface area contributed by atoms with Crippen molar-refractivity contribution in [2.75, 3.05) is 0 Å². The van der Waals surface area contributed by atoms with Crippen LogP contribution >= 0.6 is 0 Å². The van der Waals surface area contributed by atoms with Crippen molar-refractivity contribution in [3.05, 3.63) is 0 Å². The maximum absolute atomic E-state index is 1.62. The predicted molar refractivity (Wildman–Crippen MR) is 67.1 cm³/mol. The highest BCUT2D eigenvalue weighted by molar-refractivity contribution is 5.03. The molecule has 4 unspecified atom stereocenters. The van der Waals surface area contributed by atoms with E-state index in [0.29, 0.717) is 0 Å². The van der Waals surface area contributed by atoms with Crippen LogP contribution in [0.25, 0.3) is 0 Å². The van der Waals surface area contributed by atoms with Gasteiger partial charge >= 0.3 is 0 Å². The molecule has 0 spiro atoms. The van der Waals surface area contributed by atoms with Crippen LogP contribution in [0.4, 0.5) is 0 Å². The Hall–Kier alpha value is 0. The summed E-state index contributed by atoms with van der Waals surface area (Å²) in [5.74, 6) is 7.11. The van der Waals surface area contributed by atoms with Crippen LogP contribution in [0.5, 0.6) is 0 Å². The van der Waals surface area contributed by atoms with Gasteiger partial charge in [0.1, 0.15) is 0 Å². The summed E-state index contributed by atoms with van der Waals surface area (Å²) in [6.45, 7) is 0. The molecule has 0 amide bonds. The Bertz CT molecular complexity index is 217. The van der Waals surface area contributed by atoms with Gasteiger partial charge in [0.2, 0.25) is 0 Å². The fraction of sp³-hybridized carbons (Fsp3) is 1.00. The Kier molecular flexibility index (Phi) is 2.34. The smallest absolute Gasteiger partial charge is 0.0352 e. The lowest BCUT2D eigenvalue weighted by Gasteiger charge is -2.60. The van der Waals surface area contributed by atoms with Crippen LogP contribution in [-0.2, 0) is 0 Å². The molecular weight excluding hydrogens is 192 g/mol. The second-order valence-electron chi connectivity index (χ2n) is 7.13. The van der Waals surface area contributed by atoms with Gasteiger partial charge in [-0.1, -0.05) is 25.7 Å². The summed E-state index contributed by atoms with van der Waals surface area (Å²) >= 11 is 0. The van der Waals surface area contributed by atoms with E-state index in [1.165, 1.54) is 35.5 Å². The first kappa shape index (κ1) is 9.97. The minimum absolute atomic E-state index is 1.18. The molecule has 0 aliphatic heterocycles. The number of rotatable bonds is 0.